The zero-order valence-electron chi connectivity index (χ0n) is 20.9. The maximum atomic E-state index is 13.6. The van der Waals surface area contributed by atoms with Crippen molar-refractivity contribution in [3.63, 3.8) is 0 Å². The molecule has 3 amide bonds. The fraction of sp³-hybridized carbons (Fsp3) is 0.333. The van der Waals surface area contributed by atoms with E-state index in [-0.39, 0.29) is 25.2 Å². The van der Waals surface area contributed by atoms with Crippen LogP contribution >= 0.6 is 11.3 Å². The molecule has 0 bridgehead atoms. The summed E-state index contributed by atoms with van der Waals surface area (Å²) in [6, 6.07) is 10.8. The van der Waals surface area contributed by atoms with Gasteiger partial charge in [0.05, 0.1) is 30.8 Å². The maximum Gasteiger partial charge on any atom is 0.407 e. The number of fused-ring (bicyclic) bond motifs is 1. The highest BCUT2D eigenvalue weighted by Gasteiger charge is 2.42. The summed E-state index contributed by atoms with van der Waals surface area (Å²) in [5, 5.41) is 16.0. The molecule has 1 unspecified atom stereocenters. The van der Waals surface area contributed by atoms with Crippen molar-refractivity contribution in [3.05, 3.63) is 57.9 Å². The van der Waals surface area contributed by atoms with Gasteiger partial charge in [-0.1, -0.05) is 18.2 Å². The van der Waals surface area contributed by atoms with Gasteiger partial charge in [0.15, 0.2) is 0 Å². The molecule has 0 fully saturated rings. The third-order valence-corrected chi connectivity index (χ3v) is 7.89. The zero-order chi connectivity index (χ0) is 27.9. The number of aromatic nitrogens is 1. The first kappa shape index (κ1) is 28.7. The first-order valence-electron chi connectivity index (χ1n) is 11.5. The molecule has 0 aliphatic carbocycles. The number of hydrogen-bond donors (Lipinski definition) is 6. The summed E-state index contributed by atoms with van der Waals surface area (Å²) in [6.07, 6.45) is 1.50. The Kier molecular flexibility index (Phi) is 9.12. The highest BCUT2D eigenvalue weighted by atomic mass is 32.2. The predicted octanol–water partition coefficient (Wildman–Crippen LogP) is 1.02. The Morgan fingerprint density at radius 2 is 1.89 bits per heavy atom. The molecular formula is C24H30N6O6S2. The lowest BCUT2D eigenvalue weighted by Gasteiger charge is -2.32. The van der Waals surface area contributed by atoms with E-state index in [4.69, 9.17) is 15.9 Å². The Morgan fingerprint density at radius 3 is 2.55 bits per heavy atom. The van der Waals surface area contributed by atoms with Crippen LogP contribution in [0, 0.1) is 5.41 Å². The Balaban J connectivity index is 1.80. The number of alkyl carbamates (subject to hydrolysis) is 1. The number of benzene rings is 1. The number of H-pyrrole nitrogens is 1. The topological polar surface area (TPSA) is 196 Å². The van der Waals surface area contributed by atoms with E-state index in [0.717, 1.165) is 29.1 Å². The molecule has 0 saturated heterocycles. The number of nitrogen functional groups attached to an aromatic ring is 1. The second-order valence-corrected chi connectivity index (χ2v) is 12.2. The number of rotatable bonds is 12. The summed E-state index contributed by atoms with van der Waals surface area (Å²) in [5.41, 5.74) is 5.20. The van der Waals surface area contributed by atoms with Crippen LogP contribution < -0.4 is 21.7 Å². The van der Waals surface area contributed by atoms with Crippen molar-refractivity contribution < 1.29 is 27.5 Å². The van der Waals surface area contributed by atoms with Crippen molar-refractivity contribution in [2.75, 3.05) is 25.7 Å². The first-order chi connectivity index (χ1) is 17.9. The van der Waals surface area contributed by atoms with Gasteiger partial charge in [0, 0.05) is 34.7 Å². The number of sulfone groups is 1. The van der Waals surface area contributed by atoms with Gasteiger partial charge in [0.2, 0.25) is 11.8 Å². The molecule has 2 aromatic heterocycles. The molecule has 3 aromatic rings. The molecular weight excluding hydrogens is 532 g/mol. The van der Waals surface area contributed by atoms with Gasteiger partial charge in [-0.3, -0.25) is 15.0 Å². The molecule has 7 N–H and O–H groups in total. The minimum atomic E-state index is -3.51. The van der Waals surface area contributed by atoms with Crippen LogP contribution in [0.15, 0.2) is 42.6 Å². The second-order valence-electron chi connectivity index (χ2n) is 8.75. The van der Waals surface area contributed by atoms with Crippen molar-refractivity contribution >= 4 is 55.8 Å². The summed E-state index contributed by atoms with van der Waals surface area (Å²) in [5.74, 6) is -1.70. The standard InChI is InChI=1S/C24H30N6O6S2/c1-36-23(33)30-24(9-10-38(2,34)35,11-15-12-27-18-6-4-3-5-17(15)18)22(32)29-14-20(31)28-13-16-7-8-19(37-16)21(25)26/h3-8,12,27H,9-11,13-14H2,1-2H3,(H3,25,26)(H,28,31)(H,29,32)(H,30,33). The van der Waals surface area contributed by atoms with Gasteiger partial charge in [-0.25, -0.2) is 13.2 Å². The van der Waals surface area contributed by atoms with E-state index in [1.54, 1.807) is 18.3 Å². The number of thiophene rings is 1. The van der Waals surface area contributed by atoms with Gasteiger partial charge in [-0.15, -0.1) is 11.3 Å². The maximum absolute atomic E-state index is 13.6. The van der Waals surface area contributed by atoms with Gasteiger partial charge in [-0.05, 0) is 30.2 Å². The quantitative estimate of drug-likeness (QED) is 0.140. The van der Waals surface area contributed by atoms with Crippen LogP contribution in [0.2, 0.25) is 0 Å². The lowest BCUT2D eigenvalue weighted by Crippen LogP contribution is -2.61. The lowest BCUT2D eigenvalue weighted by atomic mass is 9.86. The summed E-state index contributed by atoms with van der Waals surface area (Å²) >= 11 is 1.26. The van der Waals surface area contributed by atoms with Crippen LogP contribution in [0.1, 0.15) is 21.7 Å². The predicted molar refractivity (Wildman–Crippen MR) is 145 cm³/mol. The van der Waals surface area contributed by atoms with Crippen LogP contribution in [0.25, 0.3) is 10.9 Å². The van der Waals surface area contributed by atoms with Gasteiger partial charge >= 0.3 is 6.09 Å². The number of amidine groups is 1. The average Bonchev–Trinajstić information content (AvgIpc) is 3.51. The highest BCUT2D eigenvalue weighted by molar-refractivity contribution is 7.90. The van der Waals surface area contributed by atoms with E-state index in [1.165, 1.54) is 11.3 Å². The Hall–Kier alpha value is -3.91. The lowest BCUT2D eigenvalue weighted by molar-refractivity contribution is -0.130. The van der Waals surface area contributed by atoms with Crippen LogP contribution in [-0.4, -0.2) is 68.3 Å². The van der Waals surface area contributed by atoms with Gasteiger partial charge < -0.3 is 31.4 Å². The highest BCUT2D eigenvalue weighted by Crippen LogP contribution is 2.26. The van der Waals surface area contributed by atoms with Crippen molar-refractivity contribution in [2.24, 2.45) is 5.73 Å². The van der Waals surface area contributed by atoms with E-state index in [2.05, 4.69) is 20.9 Å². The summed E-state index contributed by atoms with van der Waals surface area (Å²) in [4.78, 5) is 42.8. The number of aromatic amines is 1. The monoisotopic (exact) mass is 562 g/mol. The number of hydrogen-bond acceptors (Lipinski definition) is 8. The fourth-order valence-corrected chi connectivity index (χ4v) is 5.38. The minimum absolute atomic E-state index is 0.0574. The number of amides is 3. The molecule has 0 aliphatic heterocycles. The summed E-state index contributed by atoms with van der Waals surface area (Å²) in [7, 11) is -2.38. The van der Waals surface area contributed by atoms with Gasteiger partial charge in [0.25, 0.3) is 0 Å². The Bertz CT molecular complexity index is 1450. The largest absolute Gasteiger partial charge is 0.453 e. The second kappa shape index (κ2) is 12.1. The summed E-state index contributed by atoms with van der Waals surface area (Å²) < 4.78 is 28.8. The number of nitrogens with two attached hydrogens (primary N) is 1. The van der Waals surface area contributed by atoms with Crippen molar-refractivity contribution in [3.8, 4) is 0 Å². The van der Waals surface area contributed by atoms with Crippen molar-refractivity contribution in [1.82, 2.24) is 20.9 Å². The van der Waals surface area contributed by atoms with E-state index in [9.17, 15) is 22.8 Å². The van der Waals surface area contributed by atoms with Crippen LogP contribution in [0.5, 0.6) is 0 Å². The number of carbonyl (C=O) groups is 3. The number of methoxy groups -OCH3 is 1. The third-order valence-electron chi connectivity index (χ3n) is 5.82. The van der Waals surface area contributed by atoms with Crippen LogP contribution in [0.3, 0.4) is 0 Å². The minimum Gasteiger partial charge on any atom is -0.453 e. The molecule has 0 aliphatic rings. The molecule has 1 aromatic carbocycles. The van der Waals surface area contributed by atoms with Gasteiger partial charge in [-0.2, -0.15) is 0 Å². The normalized spacial score (nSPS) is 12.9. The molecule has 1 atom stereocenters. The Labute approximate surface area is 223 Å². The van der Waals surface area contributed by atoms with Gasteiger partial charge in [0.1, 0.15) is 21.2 Å². The number of nitrogens with one attached hydrogen (secondary N) is 5. The molecule has 0 radical (unpaired) electrons. The molecule has 12 nitrogen and oxygen atoms in total. The molecule has 204 valence electrons. The van der Waals surface area contributed by atoms with E-state index >= 15 is 0 Å². The zero-order valence-corrected chi connectivity index (χ0v) is 22.6. The van der Waals surface area contributed by atoms with E-state index in [0.29, 0.717) is 10.4 Å². The molecule has 0 spiro atoms. The smallest absolute Gasteiger partial charge is 0.407 e. The molecule has 38 heavy (non-hydrogen) atoms. The van der Waals surface area contributed by atoms with E-state index < -0.39 is 45.6 Å². The molecule has 2 heterocycles. The molecule has 14 heteroatoms. The number of para-hydroxylation sites is 1. The average molecular weight is 563 g/mol. The number of ether oxygens (including phenoxy) is 1. The summed E-state index contributed by atoms with van der Waals surface area (Å²) in [6.45, 7) is -0.247. The van der Waals surface area contributed by atoms with Crippen LogP contribution in [-0.2, 0) is 37.1 Å². The van der Waals surface area contributed by atoms with Crippen molar-refractivity contribution in [1.29, 1.82) is 5.41 Å². The molecule has 0 saturated carbocycles. The van der Waals surface area contributed by atoms with E-state index in [1.807, 2.05) is 24.3 Å². The first-order valence-corrected chi connectivity index (χ1v) is 14.4. The van der Waals surface area contributed by atoms with Crippen molar-refractivity contribution in [2.45, 2.75) is 24.9 Å². The SMILES string of the molecule is COC(=O)NC(CCS(C)(=O)=O)(Cc1c[nH]c2ccccc12)C(=O)NCC(=O)NCc1ccc(C(=N)N)s1. The van der Waals surface area contributed by atoms with Crippen LogP contribution in [0.4, 0.5) is 4.79 Å². The fourth-order valence-electron chi connectivity index (χ4n) is 3.85. The Morgan fingerprint density at radius 1 is 1.16 bits per heavy atom. The number of carbonyl (C=O) groups excluding carboxylic acids is 3. The molecule has 3 rings (SSSR count). The third kappa shape index (κ3) is 7.55.